The van der Waals surface area contributed by atoms with Crippen LogP contribution < -0.4 is 14.4 Å². The molecular formula is C23H19NO4. The summed E-state index contributed by atoms with van der Waals surface area (Å²) in [5, 5.41) is 0. The van der Waals surface area contributed by atoms with Gasteiger partial charge in [-0.3, -0.25) is 9.59 Å². The minimum Gasteiger partial charge on any atom is -0.497 e. The summed E-state index contributed by atoms with van der Waals surface area (Å²) in [5.41, 5.74) is 3.68. The van der Waals surface area contributed by atoms with Crippen LogP contribution in [0.1, 0.15) is 15.9 Å². The number of rotatable bonds is 5. The molecule has 0 aromatic heterocycles. The Hall–Kier alpha value is -3.60. The maximum absolute atomic E-state index is 12.6. The molecular weight excluding hydrogens is 354 g/mol. The highest BCUT2D eigenvalue weighted by Gasteiger charge is 2.36. The minimum atomic E-state index is -0.511. The molecule has 0 bridgehead atoms. The summed E-state index contributed by atoms with van der Waals surface area (Å²) in [6.45, 7) is 0.329. The van der Waals surface area contributed by atoms with E-state index < -0.39 is 11.7 Å². The number of carbonyl (C=O) groups excluding carboxylic acids is 2. The predicted molar refractivity (Wildman–Crippen MR) is 107 cm³/mol. The summed E-state index contributed by atoms with van der Waals surface area (Å²) in [7, 11) is 3.21. The molecule has 140 valence electrons. The van der Waals surface area contributed by atoms with Gasteiger partial charge in [0.2, 0.25) is 0 Å². The molecule has 3 aromatic rings. The molecule has 5 nitrogen and oxygen atoms in total. The molecule has 1 heterocycles. The molecule has 0 saturated carbocycles. The number of ether oxygens (including phenoxy) is 2. The van der Waals surface area contributed by atoms with E-state index in [1.54, 1.807) is 20.3 Å². The molecule has 1 amide bonds. The van der Waals surface area contributed by atoms with Crippen LogP contribution in [-0.4, -0.2) is 25.9 Å². The molecule has 5 heteroatoms. The number of amides is 1. The zero-order chi connectivity index (χ0) is 19.7. The molecule has 0 spiro atoms. The topological polar surface area (TPSA) is 55.8 Å². The van der Waals surface area contributed by atoms with Crippen LogP contribution in [0.15, 0.2) is 66.7 Å². The third-order valence-corrected chi connectivity index (χ3v) is 4.89. The van der Waals surface area contributed by atoms with Crippen molar-refractivity contribution in [3.05, 3.63) is 77.9 Å². The lowest BCUT2D eigenvalue weighted by molar-refractivity contribution is -0.114. The van der Waals surface area contributed by atoms with Crippen LogP contribution in [0.4, 0.5) is 5.69 Å². The van der Waals surface area contributed by atoms with E-state index in [1.807, 2.05) is 60.7 Å². The highest BCUT2D eigenvalue weighted by molar-refractivity contribution is 6.52. The lowest BCUT2D eigenvalue weighted by Gasteiger charge is -2.17. The van der Waals surface area contributed by atoms with Crippen LogP contribution in [0.5, 0.6) is 11.5 Å². The number of nitrogens with zero attached hydrogens (tertiary/aromatic N) is 1. The van der Waals surface area contributed by atoms with Crippen LogP contribution in [-0.2, 0) is 11.3 Å². The first kappa shape index (κ1) is 17.8. The molecule has 1 aliphatic heterocycles. The number of hydrogen-bond acceptors (Lipinski definition) is 4. The number of fused-ring (bicyclic) bond motifs is 1. The van der Waals surface area contributed by atoms with E-state index in [0.29, 0.717) is 23.5 Å². The molecule has 0 aliphatic carbocycles. The smallest absolute Gasteiger partial charge is 0.299 e. The van der Waals surface area contributed by atoms with Gasteiger partial charge in [-0.1, -0.05) is 36.4 Å². The van der Waals surface area contributed by atoms with Gasteiger partial charge < -0.3 is 14.4 Å². The lowest BCUT2D eigenvalue weighted by atomic mass is 10.0. The van der Waals surface area contributed by atoms with Crippen molar-refractivity contribution in [2.45, 2.75) is 6.54 Å². The maximum Gasteiger partial charge on any atom is 0.299 e. The Morgan fingerprint density at radius 1 is 0.821 bits per heavy atom. The number of hydrogen-bond donors (Lipinski definition) is 0. The average molecular weight is 373 g/mol. The van der Waals surface area contributed by atoms with E-state index in [2.05, 4.69) is 0 Å². The van der Waals surface area contributed by atoms with Gasteiger partial charge >= 0.3 is 0 Å². The van der Waals surface area contributed by atoms with Crippen molar-refractivity contribution in [1.29, 1.82) is 0 Å². The van der Waals surface area contributed by atoms with Gasteiger partial charge in [0.15, 0.2) is 0 Å². The van der Waals surface area contributed by atoms with Crippen molar-refractivity contribution in [2.24, 2.45) is 0 Å². The Kier molecular flexibility index (Phi) is 4.57. The zero-order valence-electron chi connectivity index (χ0n) is 15.6. The van der Waals surface area contributed by atoms with Crippen molar-refractivity contribution < 1.29 is 19.1 Å². The van der Waals surface area contributed by atoms with E-state index in [9.17, 15) is 9.59 Å². The van der Waals surface area contributed by atoms with E-state index >= 15 is 0 Å². The Labute approximate surface area is 163 Å². The van der Waals surface area contributed by atoms with Crippen LogP contribution in [0.3, 0.4) is 0 Å². The van der Waals surface area contributed by atoms with Crippen molar-refractivity contribution in [3.8, 4) is 22.6 Å². The largest absolute Gasteiger partial charge is 0.497 e. The molecule has 0 N–H and O–H groups in total. The van der Waals surface area contributed by atoms with E-state index in [4.69, 9.17) is 9.47 Å². The Morgan fingerprint density at radius 3 is 2.29 bits per heavy atom. The maximum atomic E-state index is 12.6. The molecule has 0 radical (unpaired) electrons. The van der Waals surface area contributed by atoms with Gasteiger partial charge in [-0.15, -0.1) is 0 Å². The summed E-state index contributed by atoms with van der Waals surface area (Å²) >= 11 is 0. The molecule has 28 heavy (non-hydrogen) atoms. The summed E-state index contributed by atoms with van der Waals surface area (Å²) in [6, 6.07) is 20.5. The standard InChI is InChI=1S/C23H19NO4/c1-27-17-10-7-15(8-11-17)14-24-20-12-9-16(13-19(20)22(25)23(24)26)18-5-3-4-6-21(18)28-2/h3-13H,14H2,1-2H3. The summed E-state index contributed by atoms with van der Waals surface area (Å²) in [5.74, 6) is 0.465. The third kappa shape index (κ3) is 3.01. The highest BCUT2D eigenvalue weighted by Crippen LogP contribution is 2.36. The summed E-state index contributed by atoms with van der Waals surface area (Å²) in [6.07, 6.45) is 0. The van der Waals surface area contributed by atoms with Crippen molar-refractivity contribution in [1.82, 2.24) is 0 Å². The van der Waals surface area contributed by atoms with Crippen LogP contribution in [0, 0.1) is 0 Å². The van der Waals surface area contributed by atoms with Gasteiger partial charge in [-0.25, -0.2) is 0 Å². The Balaban J connectivity index is 1.69. The summed E-state index contributed by atoms with van der Waals surface area (Å²) in [4.78, 5) is 26.7. The van der Waals surface area contributed by atoms with Crippen LogP contribution in [0.25, 0.3) is 11.1 Å². The van der Waals surface area contributed by atoms with Gasteiger partial charge in [0, 0.05) is 5.56 Å². The number of para-hydroxylation sites is 1. The van der Waals surface area contributed by atoms with Crippen molar-refractivity contribution in [3.63, 3.8) is 0 Å². The van der Waals surface area contributed by atoms with E-state index in [0.717, 1.165) is 22.4 Å². The highest BCUT2D eigenvalue weighted by atomic mass is 16.5. The Morgan fingerprint density at radius 2 is 1.57 bits per heavy atom. The number of Topliss-reactive ketones (excluding diaryl/α,β-unsaturated/α-hetero) is 1. The van der Waals surface area contributed by atoms with Crippen LogP contribution >= 0.6 is 0 Å². The first-order valence-electron chi connectivity index (χ1n) is 8.89. The number of ketones is 1. The first-order valence-corrected chi connectivity index (χ1v) is 8.89. The van der Waals surface area contributed by atoms with Crippen molar-refractivity contribution in [2.75, 3.05) is 19.1 Å². The predicted octanol–water partition coefficient (Wildman–Crippen LogP) is 4.10. The molecule has 1 aliphatic rings. The normalized spacial score (nSPS) is 12.9. The van der Waals surface area contributed by atoms with Gasteiger partial charge in [0.05, 0.1) is 32.0 Å². The monoisotopic (exact) mass is 373 g/mol. The average Bonchev–Trinajstić information content (AvgIpc) is 2.98. The van der Waals surface area contributed by atoms with E-state index in [-0.39, 0.29) is 0 Å². The second-order valence-corrected chi connectivity index (χ2v) is 6.50. The van der Waals surface area contributed by atoms with Gasteiger partial charge in [0.1, 0.15) is 11.5 Å². The molecule has 0 atom stereocenters. The van der Waals surface area contributed by atoms with E-state index in [1.165, 1.54) is 4.90 Å². The second-order valence-electron chi connectivity index (χ2n) is 6.50. The lowest BCUT2D eigenvalue weighted by Crippen LogP contribution is -2.29. The fourth-order valence-corrected chi connectivity index (χ4v) is 3.42. The fourth-order valence-electron chi connectivity index (χ4n) is 3.42. The van der Waals surface area contributed by atoms with Crippen molar-refractivity contribution >= 4 is 17.4 Å². The number of carbonyl (C=O) groups is 2. The fraction of sp³-hybridized carbons (Fsp3) is 0.130. The molecule has 0 fully saturated rings. The van der Waals surface area contributed by atoms with Gasteiger partial charge in [-0.2, -0.15) is 0 Å². The van der Waals surface area contributed by atoms with Crippen LogP contribution in [0.2, 0.25) is 0 Å². The zero-order valence-corrected chi connectivity index (χ0v) is 15.6. The summed E-state index contributed by atoms with van der Waals surface area (Å²) < 4.78 is 10.6. The number of anilines is 1. The molecule has 0 saturated heterocycles. The second kappa shape index (κ2) is 7.19. The number of benzene rings is 3. The SMILES string of the molecule is COc1ccc(CN2C(=O)C(=O)c3cc(-c4ccccc4OC)ccc32)cc1. The molecule has 3 aromatic carbocycles. The van der Waals surface area contributed by atoms with Gasteiger partial charge in [0.25, 0.3) is 11.7 Å². The molecule has 0 unspecified atom stereocenters. The first-order chi connectivity index (χ1) is 13.6. The van der Waals surface area contributed by atoms with Gasteiger partial charge in [-0.05, 0) is 41.5 Å². The number of methoxy groups -OCH3 is 2. The Bertz CT molecular complexity index is 1060. The molecule has 4 rings (SSSR count). The quantitative estimate of drug-likeness (QED) is 0.632. The minimum absolute atomic E-state index is 0.329. The third-order valence-electron chi connectivity index (χ3n) is 4.89.